The molecular weight excluding hydrogens is 389 g/mol. The molecule has 10 heteroatoms. The number of nitrogens with zero attached hydrogens (tertiary/aromatic N) is 7. The van der Waals surface area contributed by atoms with Crippen molar-refractivity contribution in [1.29, 1.82) is 0 Å². The third-order valence-electron chi connectivity index (χ3n) is 4.70. The number of imidazole rings is 2. The van der Waals surface area contributed by atoms with E-state index in [1.807, 2.05) is 12.1 Å². The van der Waals surface area contributed by atoms with Crippen molar-refractivity contribution in [2.45, 2.75) is 20.1 Å². The van der Waals surface area contributed by atoms with Crippen LogP contribution in [0.5, 0.6) is 0 Å². The molecule has 9 nitrogen and oxygen atoms in total. The maximum Gasteiger partial charge on any atom is 0.261 e. The molecule has 0 atom stereocenters. The molecule has 0 spiro atoms. The van der Waals surface area contributed by atoms with Gasteiger partial charge in [0.15, 0.2) is 11.5 Å². The fourth-order valence-electron chi connectivity index (χ4n) is 3.40. The van der Waals surface area contributed by atoms with Crippen molar-refractivity contribution in [2.75, 3.05) is 6.61 Å². The van der Waals surface area contributed by atoms with Gasteiger partial charge in [0.1, 0.15) is 23.9 Å². The Morgan fingerprint density at radius 3 is 2.80 bits per heavy atom. The van der Waals surface area contributed by atoms with Gasteiger partial charge in [-0.2, -0.15) is 5.10 Å². The minimum atomic E-state index is -0.405. The van der Waals surface area contributed by atoms with Crippen molar-refractivity contribution in [2.24, 2.45) is 10.2 Å². The van der Waals surface area contributed by atoms with Crippen LogP contribution in [0.15, 0.2) is 52.8 Å². The van der Waals surface area contributed by atoms with Crippen molar-refractivity contribution in [3.8, 4) is 22.6 Å². The van der Waals surface area contributed by atoms with Gasteiger partial charge in [-0.05, 0) is 36.4 Å². The average Bonchev–Trinajstić information content (AvgIpc) is 3.33. The van der Waals surface area contributed by atoms with E-state index in [9.17, 15) is 9.18 Å². The SMILES string of the molecule is CC(=O)N=Nc1cn2nc(-c3c(-c4ccc(F)cc4)nc4n3CCOC4)ccc2n1. The molecule has 150 valence electrons. The highest BCUT2D eigenvalue weighted by molar-refractivity contribution is 5.77. The summed E-state index contributed by atoms with van der Waals surface area (Å²) in [6, 6.07) is 9.87. The zero-order valence-electron chi connectivity index (χ0n) is 16.0. The minimum absolute atomic E-state index is 0.289. The van der Waals surface area contributed by atoms with E-state index in [1.54, 1.807) is 22.8 Å². The summed E-state index contributed by atoms with van der Waals surface area (Å²) in [6.07, 6.45) is 1.60. The lowest BCUT2D eigenvalue weighted by molar-refractivity contribution is -0.116. The van der Waals surface area contributed by atoms with Crippen LogP contribution in [-0.4, -0.2) is 36.7 Å². The maximum absolute atomic E-state index is 13.4. The predicted molar refractivity (Wildman–Crippen MR) is 104 cm³/mol. The van der Waals surface area contributed by atoms with Gasteiger partial charge in [-0.25, -0.2) is 18.9 Å². The highest BCUT2D eigenvalue weighted by atomic mass is 19.1. The largest absolute Gasteiger partial charge is 0.372 e. The number of benzene rings is 1. The molecule has 3 aromatic heterocycles. The van der Waals surface area contributed by atoms with E-state index in [0.717, 1.165) is 17.1 Å². The Hall–Kier alpha value is -3.79. The number of azo groups is 1. The van der Waals surface area contributed by atoms with Gasteiger partial charge in [-0.1, -0.05) is 0 Å². The van der Waals surface area contributed by atoms with E-state index >= 15 is 0 Å². The first-order valence-corrected chi connectivity index (χ1v) is 9.31. The second-order valence-corrected chi connectivity index (χ2v) is 6.78. The molecule has 1 amide bonds. The molecule has 0 radical (unpaired) electrons. The Labute approximate surface area is 169 Å². The molecule has 30 heavy (non-hydrogen) atoms. The van der Waals surface area contributed by atoms with E-state index in [2.05, 4.69) is 24.9 Å². The zero-order chi connectivity index (χ0) is 20.7. The molecule has 1 aliphatic rings. The van der Waals surface area contributed by atoms with Crippen molar-refractivity contribution in [1.82, 2.24) is 24.1 Å². The minimum Gasteiger partial charge on any atom is -0.372 e. The number of hydrogen-bond acceptors (Lipinski definition) is 6. The average molecular weight is 405 g/mol. The number of fused-ring (bicyclic) bond motifs is 2. The van der Waals surface area contributed by atoms with Gasteiger partial charge < -0.3 is 9.30 Å². The van der Waals surface area contributed by atoms with Gasteiger partial charge in [0, 0.05) is 19.0 Å². The summed E-state index contributed by atoms with van der Waals surface area (Å²) in [4.78, 5) is 20.0. The van der Waals surface area contributed by atoms with Crippen molar-refractivity contribution in [3.63, 3.8) is 0 Å². The van der Waals surface area contributed by atoms with Gasteiger partial charge >= 0.3 is 0 Å². The Balaban J connectivity index is 1.65. The molecule has 0 fully saturated rings. The van der Waals surface area contributed by atoms with Crippen molar-refractivity contribution >= 4 is 17.4 Å². The molecule has 5 rings (SSSR count). The quantitative estimate of drug-likeness (QED) is 0.485. The van der Waals surface area contributed by atoms with Crippen LogP contribution in [0.25, 0.3) is 28.3 Å². The topological polar surface area (TPSA) is 99.0 Å². The Kier molecular flexibility index (Phi) is 4.40. The highest BCUT2D eigenvalue weighted by Gasteiger charge is 2.23. The number of amides is 1. The third-order valence-corrected chi connectivity index (χ3v) is 4.70. The van der Waals surface area contributed by atoms with E-state index in [-0.39, 0.29) is 11.6 Å². The summed E-state index contributed by atoms with van der Waals surface area (Å²) in [5, 5.41) is 12.0. The normalized spacial score (nSPS) is 13.8. The van der Waals surface area contributed by atoms with Crippen LogP contribution >= 0.6 is 0 Å². The highest BCUT2D eigenvalue weighted by Crippen LogP contribution is 2.33. The number of hydrogen-bond donors (Lipinski definition) is 0. The van der Waals surface area contributed by atoms with E-state index in [0.29, 0.717) is 36.8 Å². The van der Waals surface area contributed by atoms with Crippen LogP contribution in [0.3, 0.4) is 0 Å². The van der Waals surface area contributed by atoms with Gasteiger partial charge in [-0.3, -0.25) is 4.79 Å². The van der Waals surface area contributed by atoms with Gasteiger partial charge in [-0.15, -0.1) is 10.2 Å². The second kappa shape index (κ2) is 7.23. The zero-order valence-corrected chi connectivity index (χ0v) is 16.0. The first-order valence-electron chi connectivity index (χ1n) is 9.31. The summed E-state index contributed by atoms with van der Waals surface area (Å²) in [7, 11) is 0. The van der Waals surface area contributed by atoms with Gasteiger partial charge in [0.2, 0.25) is 0 Å². The first-order chi connectivity index (χ1) is 14.6. The second-order valence-electron chi connectivity index (χ2n) is 6.78. The number of ether oxygens (including phenoxy) is 1. The molecule has 0 saturated carbocycles. The molecule has 0 unspecified atom stereocenters. The number of carbonyl (C=O) groups is 1. The van der Waals surface area contributed by atoms with Crippen LogP contribution in [0.1, 0.15) is 12.7 Å². The molecule has 1 aliphatic heterocycles. The lowest BCUT2D eigenvalue weighted by Gasteiger charge is -2.17. The fraction of sp³-hybridized carbons (Fsp3) is 0.200. The summed E-state index contributed by atoms with van der Waals surface area (Å²) >= 11 is 0. The molecule has 4 heterocycles. The lowest BCUT2D eigenvalue weighted by atomic mass is 10.1. The molecule has 4 aromatic rings. The molecular formula is C20H16FN7O2. The Morgan fingerprint density at radius 1 is 1.17 bits per heavy atom. The molecule has 0 N–H and O–H groups in total. The van der Waals surface area contributed by atoms with E-state index in [1.165, 1.54) is 19.1 Å². The molecule has 0 saturated heterocycles. The van der Waals surface area contributed by atoms with E-state index in [4.69, 9.17) is 9.72 Å². The Morgan fingerprint density at radius 2 is 2.00 bits per heavy atom. The fourth-order valence-corrected chi connectivity index (χ4v) is 3.40. The van der Waals surface area contributed by atoms with Crippen LogP contribution in [0, 0.1) is 5.82 Å². The predicted octanol–water partition coefficient (Wildman–Crippen LogP) is 3.56. The lowest BCUT2D eigenvalue weighted by Crippen LogP contribution is -2.17. The van der Waals surface area contributed by atoms with E-state index < -0.39 is 5.91 Å². The van der Waals surface area contributed by atoms with Gasteiger partial charge in [0.05, 0.1) is 24.2 Å². The molecule has 0 bridgehead atoms. The van der Waals surface area contributed by atoms with Gasteiger partial charge in [0.25, 0.3) is 5.91 Å². The smallest absolute Gasteiger partial charge is 0.261 e. The molecule has 0 aliphatic carbocycles. The summed E-state index contributed by atoms with van der Waals surface area (Å²) in [5.74, 6) is 0.368. The molecule has 1 aromatic carbocycles. The first kappa shape index (κ1) is 18.3. The number of halogens is 1. The summed E-state index contributed by atoms with van der Waals surface area (Å²) in [6.45, 7) is 2.93. The third kappa shape index (κ3) is 3.26. The summed E-state index contributed by atoms with van der Waals surface area (Å²) in [5.41, 5.74) is 3.56. The number of aromatic nitrogens is 5. The standard InChI is InChI=1S/C20H16FN7O2/c1-12(29)24-25-16-10-28-17(22-16)7-6-15(26-28)20-19(13-2-4-14(21)5-3-13)23-18-11-30-9-8-27(18)20/h2-7,10H,8-9,11H2,1H3. The van der Waals surface area contributed by atoms with Crippen LogP contribution in [0.2, 0.25) is 0 Å². The summed E-state index contributed by atoms with van der Waals surface area (Å²) < 4.78 is 22.6. The Bertz CT molecular complexity index is 1290. The van der Waals surface area contributed by atoms with Crippen molar-refractivity contribution in [3.05, 3.63) is 54.2 Å². The van der Waals surface area contributed by atoms with Crippen molar-refractivity contribution < 1.29 is 13.9 Å². The monoisotopic (exact) mass is 405 g/mol. The van der Waals surface area contributed by atoms with Crippen LogP contribution < -0.4 is 0 Å². The van der Waals surface area contributed by atoms with Crippen LogP contribution in [-0.2, 0) is 22.7 Å². The maximum atomic E-state index is 13.4. The number of rotatable bonds is 3. The van der Waals surface area contributed by atoms with Crippen LogP contribution in [0.4, 0.5) is 10.2 Å². The number of carbonyl (C=O) groups excluding carboxylic acids is 1.